The van der Waals surface area contributed by atoms with Gasteiger partial charge in [-0.3, -0.25) is 4.79 Å². The number of sulfone groups is 1. The van der Waals surface area contributed by atoms with Crippen molar-refractivity contribution < 1.29 is 17.6 Å². The van der Waals surface area contributed by atoms with E-state index >= 15 is 0 Å². The predicted molar refractivity (Wildman–Crippen MR) is 106 cm³/mol. The maximum atomic E-state index is 13.1. The summed E-state index contributed by atoms with van der Waals surface area (Å²) in [6, 6.07) is 10.2. The minimum atomic E-state index is -3.02. The first-order chi connectivity index (χ1) is 12.9. The van der Waals surface area contributed by atoms with Crippen LogP contribution in [0.2, 0.25) is 0 Å². The number of hydrogen-bond donors (Lipinski definition) is 0. The quantitative estimate of drug-likeness (QED) is 0.712. The van der Waals surface area contributed by atoms with Crippen LogP contribution < -0.4 is 0 Å². The minimum Gasteiger partial charge on any atom is -0.332 e. The molecule has 1 amide bonds. The maximum Gasteiger partial charge on any atom is 0.247 e. The fraction of sp³-hybridized carbons (Fsp3) is 0.350. The van der Waals surface area contributed by atoms with Gasteiger partial charge in [0.2, 0.25) is 5.91 Å². The van der Waals surface area contributed by atoms with Crippen molar-refractivity contribution in [3.05, 3.63) is 53.2 Å². The normalized spacial score (nSPS) is 21.6. The summed E-state index contributed by atoms with van der Waals surface area (Å²) in [4.78, 5) is 16.4. The standard InChI is InChI=1S/C20H20FNO3S2/c21-15-3-1-14(2-4-15)19-9-7-18(26-19)8-10-20(23)22(16-5-6-16)17-11-12-27(24,25)13-17/h1-4,7-10,16-17H,5-6,11-13H2/b10-8+. The van der Waals surface area contributed by atoms with Gasteiger partial charge in [-0.25, -0.2) is 12.8 Å². The molecular weight excluding hydrogens is 385 g/mol. The van der Waals surface area contributed by atoms with Gasteiger partial charge in [-0.05, 0) is 55.2 Å². The molecule has 142 valence electrons. The fourth-order valence-electron chi connectivity index (χ4n) is 3.46. The van der Waals surface area contributed by atoms with Gasteiger partial charge in [-0.2, -0.15) is 0 Å². The highest BCUT2D eigenvalue weighted by Gasteiger charge is 2.41. The number of halogens is 1. The van der Waals surface area contributed by atoms with Crippen molar-refractivity contribution in [3.63, 3.8) is 0 Å². The van der Waals surface area contributed by atoms with E-state index in [9.17, 15) is 17.6 Å². The second-order valence-electron chi connectivity index (χ2n) is 7.08. The molecule has 1 saturated heterocycles. The molecule has 1 unspecified atom stereocenters. The van der Waals surface area contributed by atoms with E-state index < -0.39 is 9.84 Å². The van der Waals surface area contributed by atoms with Crippen molar-refractivity contribution in [2.24, 2.45) is 0 Å². The van der Waals surface area contributed by atoms with Crippen LogP contribution in [0, 0.1) is 5.82 Å². The Kier molecular flexibility index (Phi) is 4.90. The first kappa shape index (κ1) is 18.4. The lowest BCUT2D eigenvalue weighted by molar-refractivity contribution is -0.128. The molecule has 0 bridgehead atoms. The first-order valence-corrected chi connectivity index (χ1v) is 11.6. The monoisotopic (exact) mass is 405 g/mol. The molecule has 1 atom stereocenters. The molecule has 1 aliphatic heterocycles. The molecule has 2 aliphatic rings. The zero-order chi connectivity index (χ0) is 19.0. The number of hydrogen-bond acceptors (Lipinski definition) is 4. The van der Waals surface area contributed by atoms with Crippen LogP contribution >= 0.6 is 11.3 Å². The van der Waals surface area contributed by atoms with Crippen LogP contribution in [0.4, 0.5) is 4.39 Å². The van der Waals surface area contributed by atoms with E-state index in [-0.39, 0.29) is 35.3 Å². The minimum absolute atomic E-state index is 0.0802. The third kappa shape index (κ3) is 4.30. The largest absolute Gasteiger partial charge is 0.332 e. The molecule has 0 radical (unpaired) electrons. The van der Waals surface area contributed by atoms with Gasteiger partial charge in [-0.1, -0.05) is 12.1 Å². The van der Waals surface area contributed by atoms with E-state index in [1.807, 2.05) is 12.1 Å². The van der Waals surface area contributed by atoms with E-state index in [4.69, 9.17) is 0 Å². The Bertz CT molecular complexity index is 975. The molecule has 4 rings (SSSR count). The average molecular weight is 406 g/mol. The zero-order valence-electron chi connectivity index (χ0n) is 14.7. The van der Waals surface area contributed by atoms with Crippen molar-refractivity contribution in [2.75, 3.05) is 11.5 Å². The molecule has 4 nitrogen and oxygen atoms in total. The Hall–Kier alpha value is -1.99. The summed E-state index contributed by atoms with van der Waals surface area (Å²) in [5.74, 6) is -0.132. The second-order valence-corrected chi connectivity index (χ2v) is 10.4. The van der Waals surface area contributed by atoms with Crippen LogP contribution in [0.25, 0.3) is 16.5 Å². The smallest absolute Gasteiger partial charge is 0.247 e. The first-order valence-electron chi connectivity index (χ1n) is 8.98. The summed E-state index contributed by atoms with van der Waals surface area (Å²) in [6.07, 6.45) is 5.75. The van der Waals surface area contributed by atoms with E-state index in [2.05, 4.69) is 0 Å². The molecule has 2 heterocycles. The van der Waals surface area contributed by atoms with Crippen molar-refractivity contribution in [1.29, 1.82) is 0 Å². The number of nitrogens with zero attached hydrogens (tertiary/aromatic N) is 1. The van der Waals surface area contributed by atoms with Gasteiger partial charge >= 0.3 is 0 Å². The molecule has 1 aromatic heterocycles. The molecule has 0 spiro atoms. The molecular formula is C20H20FNO3S2. The van der Waals surface area contributed by atoms with Crippen molar-refractivity contribution >= 4 is 33.2 Å². The Morgan fingerprint density at radius 3 is 2.44 bits per heavy atom. The van der Waals surface area contributed by atoms with Crippen molar-refractivity contribution in [1.82, 2.24) is 4.90 Å². The Morgan fingerprint density at radius 1 is 1.07 bits per heavy atom. The summed E-state index contributed by atoms with van der Waals surface area (Å²) in [5, 5.41) is 0. The summed E-state index contributed by atoms with van der Waals surface area (Å²) in [6.45, 7) is 0. The van der Waals surface area contributed by atoms with Gasteiger partial charge in [0.05, 0.1) is 11.5 Å². The van der Waals surface area contributed by atoms with Crippen LogP contribution in [-0.4, -0.2) is 42.8 Å². The van der Waals surface area contributed by atoms with Gasteiger partial charge in [0.15, 0.2) is 9.84 Å². The molecule has 2 fully saturated rings. The summed E-state index contributed by atoms with van der Waals surface area (Å²) in [7, 11) is -3.02. The fourth-order valence-corrected chi connectivity index (χ4v) is 6.08. The lowest BCUT2D eigenvalue weighted by Gasteiger charge is -2.27. The highest BCUT2D eigenvalue weighted by molar-refractivity contribution is 7.91. The summed E-state index contributed by atoms with van der Waals surface area (Å²) in [5.41, 5.74) is 0.933. The zero-order valence-corrected chi connectivity index (χ0v) is 16.3. The maximum absolute atomic E-state index is 13.1. The lowest BCUT2D eigenvalue weighted by atomic mass is 10.2. The van der Waals surface area contributed by atoms with Crippen LogP contribution in [0.15, 0.2) is 42.5 Å². The summed E-state index contributed by atoms with van der Waals surface area (Å²) >= 11 is 1.53. The predicted octanol–water partition coefficient (Wildman–Crippen LogP) is 3.75. The van der Waals surface area contributed by atoms with E-state index in [1.165, 1.54) is 23.5 Å². The number of thiophene rings is 1. The van der Waals surface area contributed by atoms with Crippen LogP contribution in [-0.2, 0) is 14.6 Å². The molecule has 2 aromatic rings. The van der Waals surface area contributed by atoms with Crippen LogP contribution in [0.5, 0.6) is 0 Å². The number of carbonyl (C=O) groups is 1. The third-order valence-corrected chi connectivity index (χ3v) is 7.79. The SMILES string of the molecule is O=C(/C=C/c1ccc(-c2ccc(F)cc2)s1)N(C1CC1)C1CCS(=O)(=O)C1. The van der Waals surface area contributed by atoms with E-state index in [0.717, 1.165) is 28.2 Å². The number of benzene rings is 1. The topological polar surface area (TPSA) is 54.5 Å². The third-order valence-electron chi connectivity index (χ3n) is 4.94. The molecule has 0 N–H and O–H groups in total. The number of rotatable bonds is 5. The Balaban J connectivity index is 1.47. The molecule has 1 saturated carbocycles. The lowest BCUT2D eigenvalue weighted by Crippen LogP contribution is -2.41. The number of amides is 1. The summed E-state index contributed by atoms with van der Waals surface area (Å²) < 4.78 is 36.6. The van der Waals surface area contributed by atoms with Crippen LogP contribution in [0.1, 0.15) is 24.1 Å². The molecule has 27 heavy (non-hydrogen) atoms. The van der Waals surface area contributed by atoms with E-state index in [0.29, 0.717) is 6.42 Å². The van der Waals surface area contributed by atoms with Gasteiger partial charge in [0.1, 0.15) is 5.82 Å². The Labute approximate surface area is 162 Å². The van der Waals surface area contributed by atoms with Crippen molar-refractivity contribution in [3.8, 4) is 10.4 Å². The van der Waals surface area contributed by atoms with Crippen molar-refractivity contribution in [2.45, 2.75) is 31.3 Å². The molecule has 1 aromatic carbocycles. The van der Waals surface area contributed by atoms with Gasteiger partial charge in [-0.15, -0.1) is 11.3 Å². The molecule has 1 aliphatic carbocycles. The Morgan fingerprint density at radius 2 is 1.81 bits per heavy atom. The van der Waals surface area contributed by atoms with E-state index in [1.54, 1.807) is 29.2 Å². The average Bonchev–Trinajstić information content (AvgIpc) is 3.22. The highest BCUT2D eigenvalue weighted by atomic mass is 32.2. The second kappa shape index (κ2) is 7.20. The number of carbonyl (C=O) groups excluding carboxylic acids is 1. The van der Waals surface area contributed by atoms with Gasteiger partial charge < -0.3 is 4.90 Å². The highest BCUT2D eigenvalue weighted by Crippen LogP contribution is 2.33. The van der Waals surface area contributed by atoms with Crippen LogP contribution in [0.3, 0.4) is 0 Å². The van der Waals surface area contributed by atoms with Gasteiger partial charge in [0, 0.05) is 27.9 Å². The molecule has 7 heteroatoms. The van der Waals surface area contributed by atoms with Gasteiger partial charge in [0.25, 0.3) is 0 Å².